The van der Waals surface area contributed by atoms with Crippen LogP contribution in [0.1, 0.15) is 78.2 Å². The first kappa shape index (κ1) is 29.4. The second-order valence-corrected chi connectivity index (χ2v) is 15.8. The third kappa shape index (κ3) is 4.90. The molecule has 1 heterocycles. The van der Waals surface area contributed by atoms with Crippen LogP contribution in [-0.4, -0.2) is 56.0 Å². The summed E-state index contributed by atoms with van der Waals surface area (Å²) < 4.78 is -1.75. The van der Waals surface area contributed by atoms with E-state index in [9.17, 15) is 19.8 Å². The summed E-state index contributed by atoms with van der Waals surface area (Å²) in [7, 11) is 0. The molecule has 1 aromatic rings. The van der Waals surface area contributed by atoms with Crippen LogP contribution < -0.4 is 5.32 Å². The summed E-state index contributed by atoms with van der Waals surface area (Å²) >= 11 is 20.0. The van der Waals surface area contributed by atoms with Gasteiger partial charge in [0.05, 0.1) is 11.2 Å². The fourth-order valence-electron chi connectivity index (χ4n) is 8.54. The Morgan fingerprint density at radius 1 is 1.05 bits per heavy atom. The first-order valence-corrected chi connectivity index (χ1v) is 15.3. The van der Waals surface area contributed by atoms with Crippen molar-refractivity contribution in [2.24, 2.45) is 28.6 Å². The molecule has 5 fully saturated rings. The normalized spacial score (nSPS) is 36.2. The number of benzene rings is 1. The molecular weight excluding hydrogens is 559 g/mol. The largest absolute Gasteiger partial charge is 0.390 e. The van der Waals surface area contributed by atoms with E-state index in [4.69, 9.17) is 34.8 Å². The summed E-state index contributed by atoms with van der Waals surface area (Å²) in [6.07, 6.45) is 4.75. The van der Waals surface area contributed by atoms with E-state index in [1.807, 2.05) is 39.8 Å². The second-order valence-electron chi connectivity index (χ2n) is 14.0. The highest BCUT2D eigenvalue weighted by atomic mass is 35.5. The molecule has 4 atom stereocenters. The number of hydrogen-bond acceptors (Lipinski definition) is 4. The topological polar surface area (TPSA) is 89.9 Å². The number of likely N-dealkylation sites (tertiary alicyclic amines) is 1. The average molecular weight is 600 g/mol. The fraction of sp³-hybridized carbons (Fsp3) is 0.733. The lowest BCUT2D eigenvalue weighted by Crippen LogP contribution is -2.66. The number of nitrogens with zero attached hydrogens (tertiary/aromatic N) is 1. The number of nitrogens with one attached hydrogen (secondary N) is 1. The maximum atomic E-state index is 13.9. The zero-order valence-electron chi connectivity index (χ0n) is 23.3. The molecule has 9 heteroatoms. The zero-order chi connectivity index (χ0) is 28.6. The highest BCUT2D eigenvalue weighted by molar-refractivity contribution is 6.58. The Kier molecular flexibility index (Phi) is 7.37. The van der Waals surface area contributed by atoms with Gasteiger partial charge in [-0.25, -0.2) is 0 Å². The maximum absolute atomic E-state index is 13.9. The van der Waals surface area contributed by atoms with Crippen molar-refractivity contribution in [2.45, 2.75) is 94.2 Å². The Labute approximate surface area is 246 Å². The van der Waals surface area contributed by atoms with Crippen LogP contribution in [0.2, 0.25) is 5.02 Å². The monoisotopic (exact) mass is 598 g/mol. The summed E-state index contributed by atoms with van der Waals surface area (Å²) in [6.45, 7) is 8.33. The molecule has 216 valence electrons. The van der Waals surface area contributed by atoms with Crippen LogP contribution in [0, 0.1) is 28.6 Å². The Hall–Kier alpha value is -1.05. The van der Waals surface area contributed by atoms with Gasteiger partial charge in [-0.15, -0.1) is 0 Å². The predicted molar refractivity (Wildman–Crippen MR) is 154 cm³/mol. The van der Waals surface area contributed by atoms with E-state index in [-0.39, 0.29) is 11.8 Å². The van der Waals surface area contributed by atoms with E-state index in [1.54, 1.807) is 17.0 Å². The van der Waals surface area contributed by atoms with E-state index in [0.717, 1.165) is 37.7 Å². The van der Waals surface area contributed by atoms with Crippen molar-refractivity contribution in [2.75, 3.05) is 13.1 Å². The summed E-state index contributed by atoms with van der Waals surface area (Å²) in [6, 6.07) is 6.38. The molecule has 0 radical (unpaired) electrons. The fourth-order valence-corrected chi connectivity index (χ4v) is 9.21. The van der Waals surface area contributed by atoms with E-state index in [2.05, 4.69) is 5.32 Å². The van der Waals surface area contributed by atoms with Gasteiger partial charge in [-0.2, -0.15) is 0 Å². The van der Waals surface area contributed by atoms with Crippen LogP contribution >= 0.6 is 34.8 Å². The molecule has 4 bridgehead atoms. The van der Waals surface area contributed by atoms with Crippen molar-refractivity contribution in [3.63, 3.8) is 0 Å². The number of rotatable bonds is 6. The van der Waals surface area contributed by atoms with Crippen molar-refractivity contribution in [1.29, 1.82) is 0 Å². The van der Waals surface area contributed by atoms with E-state index < -0.39 is 38.3 Å². The Balaban J connectivity index is 1.32. The second kappa shape index (κ2) is 9.76. The van der Waals surface area contributed by atoms with Gasteiger partial charge < -0.3 is 20.4 Å². The summed E-state index contributed by atoms with van der Waals surface area (Å²) in [4.78, 5) is 29.3. The quantitative estimate of drug-likeness (QED) is 0.380. The number of hydrogen-bond donors (Lipinski definition) is 3. The number of aliphatic hydroxyl groups is 2. The lowest BCUT2D eigenvalue weighted by atomic mass is 9.47. The molecule has 0 spiro atoms. The first-order chi connectivity index (χ1) is 18.0. The lowest BCUT2D eigenvalue weighted by Gasteiger charge is -2.62. The Morgan fingerprint density at radius 2 is 1.64 bits per heavy atom. The molecule has 39 heavy (non-hydrogen) atoms. The molecule has 4 aliphatic carbocycles. The van der Waals surface area contributed by atoms with Gasteiger partial charge in [0.2, 0.25) is 10.2 Å². The van der Waals surface area contributed by atoms with Gasteiger partial charge in [0, 0.05) is 28.9 Å². The molecule has 6 rings (SSSR count). The van der Waals surface area contributed by atoms with Crippen LogP contribution in [-0.2, 0) is 15.2 Å². The van der Waals surface area contributed by atoms with Crippen LogP contribution in [0.15, 0.2) is 24.3 Å². The SMILES string of the molecule is CC(C)[C@@H](NC(=O)C(Cl)(Cl)C12CC3CC(CC(O)(C3)C1)C2)C(=O)N1CC[C@](O)(c2ccc(Cl)cc2)C(C)(C)C1. The highest BCUT2D eigenvalue weighted by Crippen LogP contribution is 2.67. The van der Waals surface area contributed by atoms with Gasteiger partial charge in [-0.05, 0) is 80.4 Å². The molecule has 5 aliphatic rings. The van der Waals surface area contributed by atoms with E-state index in [1.165, 1.54) is 0 Å². The van der Waals surface area contributed by atoms with Gasteiger partial charge in [0.25, 0.3) is 5.91 Å². The third-order valence-electron chi connectivity index (χ3n) is 10.3. The van der Waals surface area contributed by atoms with Gasteiger partial charge in [-0.3, -0.25) is 9.59 Å². The smallest absolute Gasteiger partial charge is 0.257 e. The van der Waals surface area contributed by atoms with Crippen molar-refractivity contribution >= 4 is 46.6 Å². The lowest BCUT2D eigenvalue weighted by molar-refractivity contribution is -0.173. The van der Waals surface area contributed by atoms with Crippen molar-refractivity contribution in [1.82, 2.24) is 10.2 Å². The molecule has 4 saturated carbocycles. The minimum absolute atomic E-state index is 0.202. The van der Waals surface area contributed by atoms with E-state index >= 15 is 0 Å². The number of carbonyl (C=O) groups is 2. The molecule has 0 aromatic heterocycles. The maximum Gasteiger partial charge on any atom is 0.257 e. The van der Waals surface area contributed by atoms with Crippen molar-refractivity contribution in [3.8, 4) is 0 Å². The van der Waals surface area contributed by atoms with Gasteiger partial charge >= 0.3 is 0 Å². The van der Waals surface area contributed by atoms with Crippen molar-refractivity contribution in [3.05, 3.63) is 34.9 Å². The van der Waals surface area contributed by atoms with Gasteiger partial charge in [0.1, 0.15) is 6.04 Å². The molecule has 6 nitrogen and oxygen atoms in total. The van der Waals surface area contributed by atoms with Gasteiger partial charge in [0.15, 0.2) is 0 Å². The summed E-state index contributed by atoms with van der Waals surface area (Å²) in [5.41, 5.74) is -2.54. The Bertz CT molecular complexity index is 1120. The van der Waals surface area contributed by atoms with Crippen LogP contribution in [0.4, 0.5) is 0 Å². The number of alkyl halides is 2. The minimum atomic E-state index is -1.75. The molecule has 3 N–H and O–H groups in total. The Morgan fingerprint density at radius 3 is 2.15 bits per heavy atom. The summed E-state index contributed by atoms with van der Waals surface area (Å²) in [5.74, 6) is -0.335. The molecule has 1 aromatic carbocycles. The molecule has 2 amide bonds. The number of halogens is 3. The molecule has 1 saturated heterocycles. The molecule has 1 aliphatic heterocycles. The minimum Gasteiger partial charge on any atom is -0.390 e. The number of piperidine rings is 1. The van der Waals surface area contributed by atoms with Crippen molar-refractivity contribution < 1.29 is 19.8 Å². The number of amides is 2. The first-order valence-electron chi connectivity index (χ1n) is 14.2. The third-order valence-corrected chi connectivity index (χ3v) is 11.7. The number of carbonyl (C=O) groups excluding carboxylic acids is 2. The molecule has 2 unspecified atom stereocenters. The highest BCUT2D eigenvalue weighted by Gasteiger charge is 2.66. The zero-order valence-corrected chi connectivity index (χ0v) is 25.5. The molecular formula is C30H41Cl3N2O4. The predicted octanol–water partition coefficient (Wildman–Crippen LogP) is 5.43. The van der Waals surface area contributed by atoms with Gasteiger partial charge in [-0.1, -0.05) is 74.6 Å². The summed E-state index contributed by atoms with van der Waals surface area (Å²) in [5, 5.41) is 26.4. The van der Waals surface area contributed by atoms with Crippen LogP contribution in [0.5, 0.6) is 0 Å². The van der Waals surface area contributed by atoms with Crippen LogP contribution in [0.3, 0.4) is 0 Å². The standard InChI is InChI=1S/C30H41Cl3N2O4/c1-18(2)23(24(36)35-10-9-29(39,26(3,4)17-35)21-5-7-22(31)8-6-21)34-25(37)30(32,33)27-12-19-11-20(13-27)15-28(38,14-19)16-27/h5-8,18-20,23,38-39H,9-17H2,1-4H3,(H,34,37)/t19?,20?,23-,27?,28?,29+/m1/s1. The van der Waals surface area contributed by atoms with Crippen LogP contribution in [0.25, 0.3) is 0 Å². The average Bonchev–Trinajstić information content (AvgIpc) is 2.82. The van der Waals surface area contributed by atoms with E-state index in [0.29, 0.717) is 42.8 Å².